The van der Waals surface area contributed by atoms with Crippen molar-refractivity contribution >= 4 is 28.3 Å². The summed E-state index contributed by atoms with van der Waals surface area (Å²) in [5.41, 5.74) is 1.88. The van der Waals surface area contributed by atoms with Crippen LogP contribution in [0.5, 0.6) is 0 Å². The first-order valence-electron chi connectivity index (χ1n) is 10.8. The lowest BCUT2D eigenvalue weighted by Crippen LogP contribution is -2.31. The van der Waals surface area contributed by atoms with Crippen molar-refractivity contribution in [2.45, 2.75) is 64.8 Å². The third-order valence-corrected chi connectivity index (χ3v) is 6.33. The van der Waals surface area contributed by atoms with Gasteiger partial charge in [-0.15, -0.1) is 0 Å². The number of rotatable bonds is 7. The zero-order valence-electron chi connectivity index (χ0n) is 18.6. The maximum Gasteiger partial charge on any atom is 0.320 e. The van der Waals surface area contributed by atoms with Gasteiger partial charge in [-0.05, 0) is 56.8 Å². The highest BCUT2D eigenvalue weighted by Crippen LogP contribution is 2.22. The number of carbonyl (C=O) groups is 2. The Kier molecular flexibility index (Phi) is 10.6. The van der Waals surface area contributed by atoms with E-state index in [0.29, 0.717) is 15.7 Å². The molecule has 170 valence electrons. The number of ketones is 1. The molecule has 0 spiro atoms. The standard InChI is InChI=1S/C15H22FN.C8H11N3O2S/c16-14-10-8-13(9-11-14)5-4-12-17-15-6-2-1-3-7-15;1-4-6(5(2)12)14-8(10-4)11-7(13)9-3/h8-11,15,17H,1-7,12H2;1-3H3,(H2,9,10,11,13). The van der Waals surface area contributed by atoms with E-state index in [-0.39, 0.29) is 17.6 Å². The molecule has 3 rings (SSSR count). The second-order valence-corrected chi connectivity index (χ2v) is 8.71. The number of Topliss-reactive ketones (excluding diaryl/α,β-unsaturated/α-hetero) is 1. The molecule has 1 aromatic carbocycles. The maximum absolute atomic E-state index is 12.7. The second-order valence-electron chi connectivity index (χ2n) is 7.71. The maximum atomic E-state index is 12.7. The highest BCUT2D eigenvalue weighted by Gasteiger charge is 2.13. The van der Waals surface area contributed by atoms with Gasteiger partial charge in [0.2, 0.25) is 0 Å². The molecule has 0 unspecified atom stereocenters. The number of amides is 2. The van der Waals surface area contributed by atoms with E-state index in [4.69, 9.17) is 0 Å². The first-order chi connectivity index (χ1) is 14.9. The van der Waals surface area contributed by atoms with E-state index in [1.807, 2.05) is 12.1 Å². The van der Waals surface area contributed by atoms with Gasteiger partial charge in [0.15, 0.2) is 10.9 Å². The predicted molar refractivity (Wildman–Crippen MR) is 125 cm³/mol. The average molecular weight is 449 g/mol. The monoisotopic (exact) mass is 448 g/mol. The molecule has 1 fully saturated rings. The Morgan fingerprint density at radius 3 is 2.42 bits per heavy atom. The number of urea groups is 1. The highest BCUT2D eigenvalue weighted by atomic mass is 32.1. The van der Waals surface area contributed by atoms with Crippen LogP contribution in [0.1, 0.15) is 66.4 Å². The van der Waals surface area contributed by atoms with Gasteiger partial charge < -0.3 is 10.6 Å². The van der Waals surface area contributed by atoms with Gasteiger partial charge in [-0.3, -0.25) is 10.1 Å². The van der Waals surface area contributed by atoms with Crippen LogP contribution >= 0.6 is 11.3 Å². The summed E-state index contributed by atoms with van der Waals surface area (Å²) in [4.78, 5) is 26.6. The van der Waals surface area contributed by atoms with E-state index in [0.717, 1.165) is 25.4 Å². The third-order valence-electron chi connectivity index (χ3n) is 5.16. The molecule has 2 amide bonds. The van der Waals surface area contributed by atoms with Crippen LogP contribution in [0.15, 0.2) is 24.3 Å². The molecule has 1 aliphatic rings. The van der Waals surface area contributed by atoms with Gasteiger partial charge in [0.25, 0.3) is 0 Å². The number of carbonyl (C=O) groups excluding carboxylic acids is 2. The molecule has 1 aliphatic carbocycles. The Morgan fingerprint density at radius 1 is 1.16 bits per heavy atom. The van der Waals surface area contributed by atoms with Gasteiger partial charge in [0.1, 0.15) is 5.82 Å². The molecule has 0 saturated heterocycles. The fraction of sp³-hybridized carbons (Fsp3) is 0.522. The van der Waals surface area contributed by atoms with Crippen LogP contribution < -0.4 is 16.0 Å². The summed E-state index contributed by atoms with van der Waals surface area (Å²) in [5, 5.41) is 8.98. The van der Waals surface area contributed by atoms with E-state index < -0.39 is 0 Å². The molecule has 31 heavy (non-hydrogen) atoms. The van der Waals surface area contributed by atoms with Crippen LogP contribution in [0.3, 0.4) is 0 Å². The van der Waals surface area contributed by atoms with Gasteiger partial charge in [0, 0.05) is 20.0 Å². The van der Waals surface area contributed by atoms with Crippen LogP contribution in [-0.2, 0) is 6.42 Å². The molecule has 2 aromatic rings. The minimum atomic E-state index is -0.339. The van der Waals surface area contributed by atoms with Gasteiger partial charge in [-0.2, -0.15) is 0 Å². The lowest BCUT2D eigenvalue weighted by Gasteiger charge is -2.22. The molecule has 1 heterocycles. The first-order valence-corrected chi connectivity index (χ1v) is 11.7. The smallest absolute Gasteiger partial charge is 0.320 e. The molecule has 3 N–H and O–H groups in total. The van der Waals surface area contributed by atoms with Crippen LogP contribution in [0, 0.1) is 12.7 Å². The van der Waals surface area contributed by atoms with E-state index in [9.17, 15) is 14.0 Å². The van der Waals surface area contributed by atoms with Crippen molar-refractivity contribution in [1.82, 2.24) is 15.6 Å². The van der Waals surface area contributed by atoms with Crippen molar-refractivity contribution in [2.75, 3.05) is 18.9 Å². The summed E-state index contributed by atoms with van der Waals surface area (Å²) >= 11 is 1.18. The second kappa shape index (κ2) is 13.2. The first kappa shape index (κ1) is 24.9. The van der Waals surface area contributed by atoms with Gasteiger partial charge >= 0.3 is 6.03 Å². The Balaban J connectivity index is 0.000000225. The number of halogens is 1. The number of hydrogen-bond donors (Lipinski definition) is 3. The number of benzene rings is 1. The van der Waals surface area contributed by atoms with Crippen molar-refractivity contribution in [1.29, 1.82) is 0 Å². The lowest BCUT2D eigenvalue weighted by atomic mass is 9.95. The Bertz CT molecular complexity index is 833. The molecule has 0 radical (unpaired) electrons. The van der Waals surface area contributed by atoms with Gasteiger partial charge in [-0.1, -0.05) is 42.7 Å². The molecular formula is C23H33FN4O2S. The van der Waals surface area contributed by atoms with Gasteiger partial charge in [0.05, 0.1) is 10.6 Å². The lowest BCUT2D eigenvalue weighted by molar-refractivity contribution is 0.102. The Morgan fingerprint density at radius 2 is 1.84 bits per heavy atom. The number of aryl methyl sites for hydroxylation is 2. The minimum Gasteiger partial charge on any atom is -0.341 e. The van der Waals surface area contributed by atoms with Crippen molar-refractivity contribution in [3.05, 3.63) is 46.2 Å². The van der Waals surface area contributed by atoms with Crippen LogP contribution in [0.4, 0.5) is 14.3 Å². The topological polar surface area (TPSA) is 83.1 Å². The number of anilines is 1. The zero-order chi connectivity index (χ0) is 22.6. The minimum absolute atomic E-state index is 0.0371. The molecule has 8 heteroatoms. The van der Waals surface area contributed by atoms with Crippen molar-refractivity contribution in [3.8, 4) is 0 Å². The Hall–Kier alpha value is -2.32. The summed E-state index contributed by atoms with van der Waals surface area (Å²) < 4.78 is 12.7. The summed E-state index contributed by atoms with van der Waals surface area (Å²) in [5.74, 6) is -0.181. The van der Waals surface area contributed by atoms with Crippen molar-refractivity contribution in [2.24, 2.45) is 0 Å². The van der Waals surface area contributed by atoms with Crippen molar-refractivity contribution in [3.63, 3.8) is 0 Å². The molecule has 1 aromatic heterocycles. The molecular weight excluding hydrogens is 415 g/mol. The largest absolute Gasteiger partial charge is 0.341 e. The van der Waals surface area contributed by atoms with E-state index in [1.165, 1.54) is 63.0 Å². The Labute approximate surface area is 188 Å². The summed E-state index contributed by atoms with van der Waals surface area (Å²) in [6.07, 6.45) is 9.05. The highest BCUT2D eigenvalue weighted by molar-refractivity contribution is 7.17. The molecule has 0 aliphatic heterocycles. The SMILES string of the molecule is CNC(=O)Nc1nc(C)c(C(C)=O)s1.Fc1ccc(CCCNC2CCCCC2)cc1. The molecule has 1 saturated carbocycles. The average Bonchev–Trinajstić information content (AvgIpc) is 3.14. The normalized spacial score (nSPS) is 13.8. The zero-order valence-corrected chi connectivity index (χ0v) is 19.4. The molecule has 0 atom stereocenters. The molecule has 6 nitrogen and oxygen atoms in total. The quantitative estimate of drug-likeness (QED) is 0.407. The van der Waals surface area contributed by atoms with Crippen LogP contribution in [0.25, 0.3) is 0 Å². The van der Waals surface area contributed by atoms with Crippen LogP contribution in [0.2, 0.25) is 0 Å². The van der Waals surface area contributed by atoms with E-state index in [2.05, 4.69) is 20.9 Å². The van der Waals surface area contributed by atoms with E-state index in [1.54, 1.807) is 19.1 Å². The summed E-state index contributed by atoms with van der Waals surface area (Å²) in [7, 11) is 1.52. The molecule has 0 bridgehead atoms. The van der Waals surface area contributed by atoms with Gasteiger partial charge in [-0.25, -0.2) is 14.2 Å². The van der Waals surface area contributed by atoms with Crippen LogP contribution in [-0.4, -0.2) is 36.4 Å². The van der Waals surface area contributed by atoms with Crippen molar-refractivity contribution < 1.29 is 14.0 Å². The number of nitrogens with one attached hydrogen (secondary N) is 3. The third kappa shape index (κ3) is 9.14. The fourth-order valence-electron chi connectivity index (χ4n) is 3.49. The van der Waals surface area contributed by atoms with E-state index >= 15 is 0 Å². The number of nitrogens with zero attached hydrogens (tertiary/aromatic N) is 1. The summed E-state index contributed by atoms with van der Waals surface area (Å²) in [6, 6.07) is 7.27. The summed E-state index contributed by atoms with van der Waals surface area (Å²) in [6.45, 7) is 4.30. The number of hydrogen-bond acceptors (Lipinski definition) is 5. The number of thiazole rings is 1. The fourth-order valence-corrected chi connectivity index (χ4v) is 4.35. The predicted octanol–water partition coefficient (Wildman–Crippen LogP) is 5.09. The number of aromatic nitrogens is 1.